The van der Waals surface area contributed by atoms with E-state index in [1.807, 2.05) is 0 Å². The fourth-order valence-electron chi connectivity index (χ4n) is 2.35. The zero-order valence-corrected chi connectivity index (χ0v) is 14.8. The van der Waals surface area contributed by atoms with Gasteiger partial charge in [0.15, 0.2) is 0 Å². The second kappa shape index (κ2) is 7.29. The fourth-order valence-corrected chi connectivity index (χ4v) is 5.59. The van der Waals surface area contributed by atoms with Crippen molar-refractivity contribution < 1.29 is 56.6 Å². The van der Waals surface area contributed by atoms with Crippen molar-refractivity contribution >= 4 is 23.5 Å². The number of aliphatic hydroxyl groups excluding tert-OH is 2. The Morgan fingerprint density at radius 2 is 1.48 bits per heavy atom. The van der Waals surface area contributed by atoms with Crippen LogP contribution in [0, 0.1) is 11.8 Å². The van der Waals surface area contributed by atoms with Crippen molar-refractivity contribution in [1.82, 2.24) is 0 Å². The van der Waals surface area contributed by atoms with Gasteiger partial charge >= 0.3 is 23.5 Å². The zero-order valence-electron chi connectivity index (χ0n) is 12.1. The molecule has 6 N–H and O–H groups in total. The van der Waals surface area contributed by atoms with Gasteiger partial charge in [0.2, 0.25) is 0 Å². The van der Waals surface area contributed by atoms with E-state index in [0.717, 1.165) is 0 Å². The lowest BCUT2D eigenvalue weighted by molar-refractivity contribution is -0.0207. The molecule has 0 radical (unpaired) electrons. The van der Waals surface area contributed by atoms with Crippen molar-refractivity contribution in [2.45, 2.75) is 38.6 Å². The molecule has 1 rings (SSSR count). The van der Waals surface area contributed by atoms with Crippen LogP contribution in [0.25, 0.3) is 0 Å². The van der Waals surface area contributed by atoms with Crippen LogP contribution in [-0.4, -0.2) is 48.1 Å². The third-order valence-corrected chi connectivity index (χ3v) is 7.26. The van der Waals surface area contributed by atoms with E-state index in [-0.39, 0.29) is 12.3 Å². The molecule has 1 fully saturated rings. The molecule has 0 aromatic heterocycles. The summed E-state index contributed by atoms with van der Waals surface area (Å²) in [5.74, 6) is -1.06. The SMILES string of the molecule is CC(OP(=O)(O)OP(=O)(O)OP(=O)(O)O)[C@H]1C[C@@H](C)[C@H](O)[C@@H]1O. The summed E-state index contributed by atoms with van der Waals surface area (Å²) < 4.78 is 45.1. The van der Waals surface area contributed by atoms with Crippen LogP contribution < -0.4 is 0 Å². The lowest BCUT2D eigenvalue weighted by atomic mass is 9.99. The number of hydrogen-bond acceptors (Lipinski definition) is 8. The van der Waals surface area contributed by atoms with E-state index in [0.29, 0.717) is 0 Å². The van der Waals surface area contributed by atoms with Crippen LogP contribution in [0.3, 0.4) is 0 Å². The second-order valence-corrected chi connectivity index (χ2v) is 9.63. The smallest absolute Gasteiger partial charge is 0.390 e. The molecule has 0 aromatic rings. The third kappa shape index (κ3) is 6.62. The molecule has 0 aromatic carbocycles. The van der Waals surface area contributed by atoms with Crippen LogP contribution in [0.15, 0.2) is 0 Å². The maximum atomic E-state index is 11.7. The van der Waals surface area contributed by atoms with Crippen LogP contribution in [0.1, 0.15) is 20.3 Å². The molecular formula is C8H19O12P3. The first-order valence-corrected chi connectivity index (χ1v) is 10.8. The summed E-state index contributed by atoms with van der Waals surface area (Å²) in [5, 5.41) is 19.4. The van der Waals surface area contributed by atoms with Gasteiger partial charge in [0, 0.05) is 5.92 Å². The topological polar surface area (TPSA) is 200 Å². The van der Waals surface area contributed by atoms with E-state index in [1.165, 1.54) is 6.92 Å². The lowest BCUT2D eigenvalue weighted by Gasteiger charge is -2.25. The summed E-state index contributed by atoms with van der Waals surface area (Å²) in [4.78, 5) is 35.2. The van der Waals surface area contributed by atoms with Crippen molar-refractivity contribution in [3.63, 3.8) is 0 Å². The van der Waals surface area contributed by atoms with E-state index >= 15 is 0 Å². The molecule has 7 atom stereocenters. The van der Waals surface area contributed by atoms with Gasteiger partial charge in [-0.05, 0) is 19.3 Å². The molecular weight excluding hydrogens is 381 g/mol. The van der Waals surface area contributed by atoms with Gasteiger partial charge in [0.1, 0.15) is 0 Å². The van der Waals surface area contributed by atoms with Crippen molar-refractivity contribution in [3.05, 3.63) is 0 Å². The predicted molar refractivity (Wildman–Crippen MR) is 73.7 cm³/mol. The molecule has 0 spiro atoms. The van der Waals surface area contributed by atoms with Gasteiger partial charge in [0.05, 0.1) is 18.3 Å². The Balaban J connectivity index is 2.73. The normalized spacial score (nSPS) is 35.5. The minimum Gasteiger partial charge on any atom is -0.390 e. The largest absolute Gasteiger partial charge is 0.490 e. The van der Waals surface area contributed by atoms with Crippen molar-refractivity contribution in [2.24, 2.45) is 11.8 Å². The van der Waals surface area contributed by atoms with Crippen LogP contribution in [0.2, 0.25) is 0 Å². The standard InChI is InChI=1S/C8H19O12P3/c1-4-3-6(8(10)7(4)9)5(2)18-22(14,15)20-23(16,17)19-21(11,12)13/h4-10H,3H2,1-2H3,(H,14,15)(H,16,17)(H2,11,12,13)/t4-,5?,6-,7+,8-/m1/s1. The molecule has 15 heteroatoms. The molecule has 23 heavy (non-hydrogen) atoms. The number of phosphoric ester groups is 1. The molecule has 0 heterocycles. The highest BCUT2D eigenvalue weighted by atomic mass is 31.3. The van der Waals surface area contributed by atoms with Crippen molar-refractivity contribution in [1.29, 1.82) is 0 Å². The van der Waals surface area contributed by atoms with E-state index in [2.05, 4.69) is 13.1 Å². The van der Waals surface area contributed by atoms with Crippen molar-refractivity contribution in [3.8, 4) is 0 Å². The molecule has 138 valence electrons. The van der Waals surface area contributed by atoms with E-state index in [4.69, 9.17) is 14.7 Å². The molecule has 0 saturated heterocycles. The first kappa shape index (κ1) is 21.4. The van der Waals surface area contributed by atoms with Gasteiger partial charge < -0.3 is 29.8 Å². The van der Waals surface area contributed by atoms with E-state index in [1.54, 1.807) is 6.92 Å². The molecule has 0 aliphatic heterocycles. The summed E-state index contributed by atoms with van der Waals surface area (Å²) in [6.07, 6.45) is -3.23. The van der Waals surface area contributed by atoms with Gasteiger partial charge in [-0.2, -0.15) is 8.62 Å². The zero-order chi connectivity index (χ0) is 18.2. The van der Waals surface area contributed by atoms with Gasteiger partial charge in [0.25, 0.3) is 0 Å². The van der Waals surface area contributed by atoms with Gasteiger partial charge in [-0.1, -0.05) is 6.92 Å². The Kier molecular flexibility index (Phi) is 6.77. The van der Waals surface area contributed by atoms with Gasteiger partial charge in [-0.3, -0.25) is 4.52 Å². The number of hydrogen-bond donors (Lipinski definition) is 6. The predicted octanol–water partition coefficient (Wildman–Crippen LogP) is 0.0960. The lowest BCUT2D eigenvalue weighted by Crippen LogP contribution is -2.33. The van der Waals surface area contributed by atoms with Crippen molar-refractivity contribution in [2.75, 3.05) is 0 Å². The highest BCUT2D eigenvalue weighted by molar-refractivity contribution is 7.66. The number of aliphatic hydroxyl groups is 2. The van der Waals surface area contributed by atoms with Crippen LogP contribution in [0.4, 0.5) is 0 Å². The Morgan fingerprint density at radius 1 is 0.957 bits per heavy atom. The summed E-state index contributed by atoms with van der Waals surface area (Å²) >= 11 is 0. The summed E-state index contributed by atoms with van der Waals surface area (Å²) in [6, 6.07) is 0. The van der Waals surface area contributed by atoms with Crippen LogP contribution >= 0.6 is 23.5 Å². The summed E-state index contributed by atoms with van der Waals surface area (Å²) in [5.41, 5.74) is 0. The fraction of sp³-hybridized carbons (Fsp3) is 1.00. The van der Waals surface area contributed by atoms with Crippen LogP contribution in [0.5, 0.6) is 0 Å². The Bertz CT molecular complexity index is 559. The maximum absolute atomic E-state index is 11.7. The van der Waals surface area contributed by atoms with Gasteiger partial charge in [-0.15, -0.1) is 0 Å². The molecule has 1 saturated carbocycles. The average molecular weight is 400 g/mol. The van der Waals surface area contributed by atoms with Crippen LogP contribution in [-0.2, 0) is 26.8 Å². The van der Waals surface area contributed by atoms with E-state index in [9.17, 15) is 28.8 Å². The minimum absolute atomic E-state index is 0.249. The van der Waals surface area contributed by atoms with Gasteiger partial charge in [-0.25, -0.2) is 13.7 Å². The summed E-state index contributed by atoms with van der Waals surface area (Å²) in [7, 11) is -16.3. The molecule has 3 unspecified atom stereocenters. The summed E-state index contributed by atoms with van der Waals surface area (Å²) in [6.45, 7) is 2.91. The maximum Gasteiger partial charge on any atom is 0.490 e. The molecule has 0 bridgehead atoms. The Hall–Kier alpha value is 0.330. The molecule has 12 nitrogen and oxygen atoms in total. The molecule has 0 amide bonds. The highest BCUT2D eigenvalue weighted by Crippen LogP contribution is 2.66. The number of rotatable bonds is 7. The monoisotopic (exact) mass is 400 g/mol. The Morgan fingerprint density at radius 3 is 1.87 bits per heavy atom. The second-order valence-electron chi connectivity index (χ2n) is 5.26. The first-order chi connectivity index (χ1) is 10.1. The Labute approximate surface area is 131 Å². The average Bonchev–Trinajstić information content (AvgIpc) is 2.51. The first-order valence-electron chi connectivity index (χ1n) is 6.32. The molecule has 1 aliphatic carbocycles. The highest BCUT2D eigenvalue weighted by Gasteiger charge is 2.46. The molecule has 1 aliphatic rings. The number of phosphoric acid groups is 3. The van der Waals surface area contributed by atoms with E-state index < -0.39 is 47.7 Å². The quantitative estimate of drug-likeness (QED) is 0.315. The minimum atomic E-state index is -5.58. The third-order valence-electron chi connectivity index (χ3n) is 3.33.